The van der Waals surface area contributed by atoms with Crippen LogP contribution in [0.4, 0.5) is 0 Å². The molecule has 0 unspecified atom stereocenters. The summed E-state index contributed by atoms with van der Waals surface area (Å²) in [5.74, 6) is 0.187. The Morgan fingerprint density at radius 1 is 1.57 bits per heavy atom. The van der Waals surface area contributed by atoms with Crippen LogP contribution in [0.1, 0.15) is 17.7 Å². The summed E-state index contributed by atoms with van der Waals surface area (Å²) in [6, 6.07) is 3.99. The molecule has 76 valence electrons. The number of hydrazine groups is 1. The Kier molecular flexibility index (Phi) is 3.16. The fraction of sp³-hybridized carbons (Fsp3) is 0.500. The van der Waals surface area contributed by atoms with Gasteiger partial charge in [-0.1, -0.05) is 6.07 Å². The molecule has 14 heavy (non-hydrogen) atoms. The minimum Gasteiger partial charge on any atom is -0.278 e. The second-order valence-corrected chi connectivity index (χ2v) is 4.45. The van der Waals surface area contributed by atoms with Gasteiger partial charge in [0.25, 0.3) is 0 Å². The molecule has 1 saturated heterocycles. The van der Waals surface area contributed by atoms with E-state index < -0.39 is 0 Å². The van der Waals surface area contributed by atoms with Gasteiger partial charge in [0, 0.05) is 18.0 Å². The molecular weight excluding hydrogens is 196 g/mol. The molecule has 0 aliphatic carbocycles. The van der Waals surface area contributed by atoms with Crippen LogP contribution in [0.25, 0.3) is 0 Å². The van der Waals surface area contributed by atoms with Crippen LogP contribution >= 0.6 is 11.3 Å². The molecule has 1 aliphatic heterocycles. The van der Waals surface area contributed by atoms with Gasteiger partial charge in [-0.25, -0.2) is 5.43 Å². The van der Waals surface area contributed by atoms with Gasteiger partial charge in [0.05, 0.1) is 6.42 Å². The van der Waals surface area contributed by atoms with Crippen molar-refractivity contribution >= 4 is 17.2 Å². The molecule has 0 atom stereocenters. The lowest BCUT2D eigenvalue weighted by Crippen LogP contribution is -2.47. The van der Waals surface area contributed by atoms with Crippen LogP contribution in [0, 0.1) is 0 Å². The number of carbonyl (C=O) groups is 1. The summed E-state index contributed by atoms with van der Waals surface area (Å²) < 4.78 is 0. The third kappa shape index (κ3) is 2.33. The maximum Gasteiger partial charge on any atom is 0.241 e. The lowest BCUT2D eigenvalue weighted by Gasteiger charge is -2.27. The topological polar surface area (TPSA) is 32.3 Å². The molecule has 1 aromatic heterocycles. The fourth-order valence-electron chi connectivity index (χ4n) is 1.56. The Labute approximate surface area is 87.7 Å². The first kappa shape index (κ1) is 9.68. The molecule has 0 radical (unpaired) electrons. The maximum atomic E-state index is 11.7. The van der Waals surface area contributed by atoms with Gasteiger partial charge in [-0.3, -0.25) is 9.80 Å². The van der Waals surface area contributed by atoms with E-state index in [-0.39, 0.29) is 5.91 Å². The summed E-state index contributed by atoms with van der Waals surface area (Å²) in [7, 11) is 0. The number of carbonyl (C=O) groups excluding carboxylic acids is 1. The van der Waals surface area contributed by atoms with Crippen molar-refractivity contribution in [1.82, 2.24) is 10.4 Å². The summed E-state index contributed by atoms with van der Waals surface area (Å²) >= 11 is 1.64. The highest BCUT2D eigenvalue weighted by Gasteiger charge is 2.16. The lowest BCUT2D eigenvalue weighted by molar-refractivity contribution is -0.134. The zero-order valence-electron chi connectivity index (χ0n) is 8.03. The van der Waals surface area contributed by atoms with Crippen LogP contribution in [0.15, 0.2) is 17.5 Å². The fourth-order valence-corrected chi connectivity index (χ4v) is 2.25. The van der Waals surface area contributed by atoms with E-state index in [1.807, 2.05) is 17.5 Å². The molecule has 1 aliphatic rings. The Bertz CT molecular complexity index is 291. The van der Waals surface area contributed by atoms with E-state index in [4.69, 9.17) is 0 Å². The van der Waals surface area contributed by atoms with Gasteiger partial charge in [-0.15, -0.1) is 11.3 Å². The van der Waals surface area contributed by atoms with E-state index in [2.05, 4.69) is 5.43 Å². The van der Waals surface area contributed by atoms with E-state index in [1.165, 1.54) is 6.42 Å². The highest BCUT2D eigenvalue weighted by Crippen LogP contribution is 2.11. The van der Waals surface area contributed by atoms with Crippen molar-refractivity contribution in [3.63, 3.8) is 0 Å². The minimum atomic E-state index is 0.187. The van der Waals surface area contributed by atoms with E-state index in [1.54, 1.807) is 16.3 Å². The normalized spacial score (nSPS) is 17.0. The number of hydrogen-bond donors (Lipinski definition) is 1. The van der Waals surface area contributed by atoms with Gasteiger partial charge in [0.2, 0.25) is 5.91 Å². The zero-order valence-corrected chi connectivity index (χ0v) is 8.85. The highest BCUT2D eigenvalue weighted by atomic mass is 32.1. The van der Waals surface area contributed by atoms with Crippen molar-refractivity contribution in [3.05, 3.63) is 22.4 Å². The summed E-state index contributed by atoms with van der Waals surface area (Å²) in [4.78, 5) is 12.9. The predicted molar refractivity (Wildman–Crippen MR) is 57.0 cm³/mol. The van der Waals surface area contributed by atoms with Gasteiger partial charge in [-0.2, -0.15) is 0 Å². The molecule has 1 amide bonds. The van der Waals surface area contributed by atoms with Gasteiger partial charge in [-0.05, 0) is 24.3 Å². The molecule has 0 bridgehead atoms. The molecule has 1 fully saturated rings. The van der Waals surface area contributed by atoms with Crippen LogP contribution in [0.3, 0.4) is 0 Å². The Balaban J connectivity index is 1.88. The maximum absolute atomic E-state index is 11.7. The Morgan fingerprint density at radius 2 is 2.50 bits per heavy atom. The van der Waals surface area contributed by atoms with E-state index in [0.717, 1.165) is 24.4 Å². The van der Waals surface area contributed by atoms with Gasteiger partial charge in [0.15, 0.2) is 0 Å². The van der Waals surface area contributed by atoms with Crippen molar-refractivity contribution in [2.24, 2.45) is 0 Å². The van der Waals surface area contributed by atoms with Crippen molar-refractivity contribution < 1.29 is 4.79 Å². The second kappa shape index (κ2) is 4.57. The highest BCUT2D eigenvalue weighted by molar-refractivity contribution is 7.10. The van der Waals surface area contributed by atoms with Crippen LogP contribution in [-0.4, -0.2) is 24.0 Å². The summed E-state index contributed by atoms with van der Waals surface area (Å²) in [6.07, 6.45) is 2.82. The summed E-state index contributed by atoms with van der Waals surface area (Å²) in [5.41, 5.74) is 3.12. The average molecular weight is 210 g/mol. The molecule has 0 spiro atoms. The van der Waals surface area contributed by atoms with Crippen LogP contribution in [0.2, 0.25) is 0 Å². The van der Waals surface area contributed by atoms with E-state index >= 15 is 0 Å². The first-order valence-electron chi connectivity index (χ1n) is 4.92. The molecule has 0 saturated carbocycles. The Morgan fingerprint density at radius 3 is 3.14 bits per heavy atom. The molecule has 4 heteroatoms. The first-order valence-corrected chi connectivity index (χ1v) is 5.80. The number of nitrogens with one attached hydrogen (secondary N) is 1. The molecule has 1 aromatic rings. The predicted octanol–water partition coefficient (Wildman–Crippen LogP) is 1.42. The standard InChI is InChI=1S/C10H14N2OS/c13-10(8-9-4-3-7-14-9)12-6-2-1-5-11-12/h3-4,7,11H,1-2,5-6,8H2. The van der Waals surface area contributed by atoms with Crippen LogP contribution < -0.4 is 5.43 Å². The van der Waals surface area contributed by atoms with Crippen molar-refractivity contribution in [1.29, 1.82) is 0 Å². The van der Waals surface area contributed by atoms with Crippen LogP contribution in [0.5, 0.6) is 0 Å². The lowest BCUT2D eigenvalue weighted by atomic mass is 10.2. The quantitative estimate of drug-likeness (QED) is 0.800. The number of nitrogens with zero attached hydrogens (tertiary/aromatic N) is 1. The number of amides is 1. The van der Waals surface area contributed by atoms with Crippen LogP contribution in [-0.2, 0) is 11.2 Å². The average Bonchev–Trinajstić information content (AvgIpc) is 2.72. The molecular formula is C10H14N2OS. The van der Waals surface area contributed by atoms with E-state index in [0.29, 0.717) is 6.42 Å². The van der Waals surface area contributed by atoms with Gasteiger partial charge < -0.3 is 0 Å². The van der Waals surface area contributed by atoms with Crippen molar-refractivity contribution in [3.8, 4) is 0 Å². The third-order valence-electron chi connectivity index (χ3n) is 2.32. The monoisotopic (exact) mass is 210 g/mol. The first-order chi connectivity index (χ1) is 6.86. The molecule has 1 N–H and O–H groups in total. The van der Waals surface area contributed by atoms with Gasteiger partial charge >= 0.3 is 0 Å². The molecule has 2 rings (SSSR count). The zero-order chi connectivity index (χ0) is 9.80. The van der Waals surface area contributed by atoms with Gasteiger partial charge in [0.1, 0.15) is 0 Å². The van der Waals surface area contributed by atoms with E-state index in [9.17, 15) is 4.79 Å². The number of thiophene rings is 1. The smallest absolute Gasteiger partial charge is 0.241 e. The summed E-state index contributed by atoms with van der Waals surface area (Å²) in [6.45, 7) is 1.78. The molecule has 3 nitrogen and oxygen atoms in total. The summed E-state index contributed by atoms with van der Waals surface area (Å²) in [5, 5.41) is 3.76. The van der Waals surface area contributed by atoms with Crippen molar-refractivity contribution in [2.75, 3.05) is 13.1 Å². The minimum absolute atomic E-state index is 0.187. The second-order valence-electron chi connectivity index (χ2n) is 3.42. The molecule has 0 aromatic carbocycles. The number of rotatable bonds is 2. The largest absolute Gasteiger partial charge is 0.278 e. The van der Waals surface area contributed by atoms with Crippen molar-refractivity contribution in [2.45, 2.75) is 19.3 Å². The SMILES string of the molecule is O=C(Cc1cccs1)N1CCCCN1. The molecule has 2 heterocycles. The third-order valence-corrected chi connectivity index (χ3v) is 3.19. The Hall–Kier alpha value is -0.870. The number of hydrogen-bond acceptors (Lipinski definition) is 3.